The first kappa shape index (κ1) is 13.9. The van der Waals surface area contributed by atoms with Crippen LogP contribution in [0.25, 0.3) is 11.0 Å². The van der Waals surface area contributed by atoms with Crippen molar-refractivity contribution in [1.82, 2.24) is 9.97 Å². The number of aromatic nitrogens is 2. The Morgan fingerprint density at radius 2 is 1.90 bits per heavy atom. The number of hydrogen-bond acceptors (Lipinski definition) is 2. The van der Waals surface area contributed by atoms with Crippen molar-refractivity contribution in [2.45, 2.75) is 44.9 Å². The third-order valence-electron chi connectivity index (χ3n) is 4.30. The molecule has 1 aromatic carbocycles. The number of H-pyrrole nitrogens is 2. The molecule has 0 spiro atoms. The monoisotopic (exact) mass is 287 g/mol. The van der Waals surface area contributed by atoms with Gasteiger partial charge in [-0.3, -0.25) is 4.79 Å². The summed E-state index contributed by atoms with van der Waals surface area (Å²) in [7, 11) is 0. The molecule has 1 aromatic heterocycles. The van der Waals surface area contributed by atoms with Crippen LogP contribution in [0.3, 0.4) is 0 Å². The van der Waals surface area contributed by atoms with Crippen molar-refractivity contribution >= 4 is 22.6 Å². The highest BCUT2D eigenvalue weighted by molar-refractivity contribution is 5.92. The summed E-state index contributed by atoms with van der Waals surface area (Å²) < 4.78 is 0. The Bertz CT molecular complexity index is 680. The zero-order valence-corrected chi connectivity index (χ0v) is 12.1. The molecule has 0 aliphatic heterocycles. The smallest absolute Gasteiger partial charge is 0.323 e. The number of carbonyl (C=O) groups is 1. The molecule has 21 heavy (non-hydrogen) atoms. The first-order valence-corrected chi connectivity index (χ1v) is 7.72. The number of carbonyl (C=O) groups excluding carboxylic acids is 1. The van der Waals surface area contributed by atoms with Crippen LogP contribution in [0.2, 0.25) is 0 Å². The Hall–Kier alpha value is -2.04. The van der Waals surface area contributed by atoms with Crippen LogP contribution in [0.4, 0.5) is 5.69 Å². The molecule has 5 nitrogen and oxygen atoms in total. The molecule has 0 atom stereocenters. The van der Waals surface area contributed by atoms with Crippen molar-refractivity contribution < 1.29 is 4.79 Å². The number of nitrogens with one attached hydrogen (secondary N) is 3. The average molecular weight is 287 g/mol. The van der Waals surface area contributed by atoms with Crippen LogP contribution in [0.1, 0.15) is 44.9 Å². The molecule has 0 bridgehead atoms. The third-order valence-corrected chi connectivity index (χ3v) is 4.30. The van der Waals surface area contributed by atoms with E-state index in [0.717, 1.165) is 17.6 Å². The first-order chi connectivity index (χ1) is 10.2. The molecule has 1 amide bonds. The second-order valence-electron chi connectivity index (χ2n) is 5.93. The molecule has 0 saturated heterocycles. The highest BCUT2D eigenvalue weighted by Crippen LogP contribution is 2.27. The fourth-order valence-corrected chi connectivity index (χ4v) is 3.14. The van der Waals surface area contributed by atoms with Gasteiger partial charge in [-0.15, -0.1) is 0 Å². The van der Waals surface area contributed by atoms with E-state index < -0.39 is 0 Å². The van der Waals surface area contributed by atoms with Crippen LogP contribution >= 0.6 is 0 Å². The topological polar surface area (TPSA) is 77.8 Å². The standard InChI is InChI=1S/C16H21N3O2/c20-15(9-6-11-4-2-1-3-5-11)17-12-7-8-13-14(10-12)19-16(21)18-13/h7-8,10-11H,1-6,9H2,(H,17,20)(H2,18,19,21). The number of aromatic amines is 2. The molecular weight excluding hydrogens is 266 g/mol. The Kier molecular flexibility index (Phi) is 4.08. The summed E-state index contributed by atoms with van der Waals surface area (Å²) in [5.74, 6) is 0.769. The van der Waals surface area contributed by atoms with Crippen LogP contribution in [0.5, 0.6) is 0 Å². The molecule has 3 rings (SSSR count). The predicted molar refractivity (Wildman–Crippen MR) is 83.4 cm³/mol. The van der Waals surface area contributed by atoms with E-state index in [1.165, 1.54) is 32.1 Å². The van der Waals surface area contributed by atoms with Gasteiger partial charge in [-0.05, 0) is 30.5 Å². The van der Waals surface area contributed by atoms with E-state index in [4.69, 9.17) is 0 Å². The van der Waals surface area contributed by atoms with Gasteiger partial charge < -0.3 is 15.3 Å². The number of imidazole rings is 1. The molecule has 1 saturated carbocycles. The van der Waals surface area contributed by atoms with Crippen LogP contribution in [0.15, 0.2) is 23.0 Å². The molecule has 0 unspecified atom stereocenters. The summed E-state index contributed by atoms with van der Waals surface area (Å²) in [6, 6.07) is 5.39. The van der Waals surface area contributed by atoms with Gasteiger partial charge in [-0.25, -0.2) is 4.79 Å². The highest BCUT2D eigenvalue weighted by atomic mass is 16.1. The summed E-state index contributed by atoms with van der Waals surface area (Å²) in [6.45, 7) is 0. The van der Waals surface area contributed by atoms with Crippen molar-refractivity contribution in [3.63, 3.8) is 0 Å². The largest absolute Gasteiger partial charge is 0.326 e. The van der Waals surface area contributed by atoms with Gasteiger partial charge in [-0.2, -0.15) is 0 Å². The fourth-order valence-electron chi connectivity index (χ4n) is 3.14. The van der Waals surface area contributed by atoms with E-state index in [0.29, 0.717) is 17.9 Å². The molecule has 5 heteroatoms. The third kappa shape index (κ3) is 3.54. The SMILES string of the molecule is O=C(CCC1CCCCC1)Nc1ccc2[nH]c(=O)[nH]c2c1. The molecular formula is C16H21N3O2. The number of hydrogen-bond donors (Lipinski definition) is 3. The average Bonchev–Trinajstić information content (AvgIpc) is 2.85. The maximum Gasteiger partial charge on any atom is 0.323 e. The summed E-state index contributed by atoms with van der Waals surface area (Å²) in [5.41, 5.74) is 1.96. The molecule has 112 valence electrons. The zero-order chi connectivity index (χ0) is 14.7. The van der Waals surface area contributed by atoms with E-state index in [2.05, 4.69) is 15.3 Å². The van der Waals surface area contributed by atoms with Gasteiger partial charge in [0.25, 0.3) is 0 Å². The normalized spacial score (nSPS) is 16.2. The summed E-state index contributed by atoms with van der Waals surface area (Å²) >= 11 is 0. The van der Waals surface area contributed by atoms with Gasteiger partial charge in [0.05, 0.1) is 11.0 Å². The lowest BCUT2D eigenvalue weighted by Crippen LogP contribution is -2.14. The van der Waals surface area contributed by atoms with E-state index >= 15 is 0 Å². The number of rotatable bonds is 4. The molecule has 1 aliphatic carbocycles. The van der Waals surface area contributed by atoms with Crippen LogP contribution < -0.4 is 11.0 Å². The van der Waals surface area contributed by atoms with Crippen molar-refractivity contribution in [3.05, 3.63) is 28.7 Å². The predicted octanol–water partition coefficient (Wildman–Crippen LogP) is 3.16. The van der Waals surface area contributed by atoms with Crippen molar-refractivity contribution in [2.24, 2.45) is 5.92 Å². The second-order valence-corrected chi connectivity index (χ2v) is 5.93. The maximum absolute atomic E-state index is 12.0. The summed E-state index contributed by atoms with van der Waals surface area (Å²) in [5, 5.41) is 2.91. The number of fused-ring (bicyclic) bond motifs is 1. The Morgan fingerprint density at radius 1 is 1.14 bits per heavy atom. The molecule has 3 N–H and O–H groups in total. The lowest BCUT2D eigenvalue weighted by Gasteiger charge is -2.20. The van der Waals surface area contributed by atoms with Crippen LogP contribution in [0, 0.1) is 5.92 Å². The second kappa shape index (κ2) is 6.16. The number of benzene rings is 1. The molecule has 0 radical (unpaired) electrons. The molecule has 1 fully saturated rings. The number of anilines is 1. The highest BCUT2D eigenvalue weighted by Gasteiger charge is 2.15. The first-order valence-electron chi connectivity index (χ1n) is 7.72. The van der Waals surface area contributed by atoms with Gasteiger partial charge in [0, 0.05) is 12.1 Å². The fraction of sp³-hybridized carbons (Fsp3) is 0.500. The van der Waals surface area contributed by atoms with E-state index in [9.17, 15) is 9.59 Å². The lowest BCUT2D eigenvalue weighted by atomic mass is 9.86. The molecule has 1 heterocycles. The quantitative estimate of drug-likeness (QED) is 0.807. The van der Waals surface area contributed by atoms with Gasteiger partial charge in [0.15, 0.2) is 0 Å². The van der Waals surface area contributed by atoms with E-state index in [1.807, 2.05) is 6.07 Å². The molecule has 1 aliphatic rings. The minimum absolute atomic E-state index is 0.0535. The van der Waals surface area contributed by atoms with Crippen molar-refractivity contribution in [2.75, 3.05) is 5.32 Å². The van der Waals surface area contributed by atoms with E-state index in [-0.39, 0.29) is 11.6 Å². The summed E-state index contributed by atoms with van der Waals surface area (Å²) in [6.07, 6.45) is 8.06. The van der Waals surface area contributed by atoms with Crippen molar-refractivity contribution in [3.8, 4) is 0 Å². The van der Waals surface area contributed by atoms with Crippen LogP contribution in [-0.2, 0) is 4.79 Å². The van der Waals surface area contributed by atoms with Gasteiger partial charge >= 0.3 is 5.69 Å². The van der Waals surface area contributed by atoms with Gasteiger partial charge in [0.1, 0.15) is 0 Å². The van der Waals surface area contributed by atoms with E-state index in [1.54, 1.807) is 12.1 Å². The van der Waals surface area contributed by atoms with Crippen molar-refractivity contribution in [1.29, 1.82) is 0 Å². The minimum Gasteiger partial charge on any atom is -0.326 e. The maximum atomic E-state index is 12.0. The Morgan fingerprint density at radius 3 is 2.71 bits per heavy atom. The zero-order valence-electron chi connectivity index (χ0n) is 12.1. The van der Waals surface area contributed by atoms with Gasteiger partial charge in [-0.1, -0.05) is 32.1 Å². The van der Waals surface area contributed by atoms with Gasteiger partial charge in [0.2, 0.25) is 5.91 Å². The van der Waals surface area contributed by atoms with Crippen LogP contribution in [-0.4, -0.2) is 15.9 Å². The molecule has 2 aromatic rings. The Labute approximate surface area is 123 Å². The lowest BCUT2D eigenvalue weighted by molar-refractivity contribution is -0.116. The number of amides is 1. The summed E-state index contributed by atoms with van der Waals surface area (Å²) in [4.78, 5) is 28.6. The Balaban J connectivity index is 1.56. The minimum atomic E-state index is -0.231.